The number of benzene rings is 2. The summed E-state index contributed by atoms with van der Waals surface area (Å²) in [5.74, 6) is -2.54. The predicted octanol–water partition coefficient (Wildman–Crippen LogP) is 6.26. The molecular formula is C29H30Cl2F2N4O5S. The molecule has 2 aromatic carbocycles. The van der Waals surface area contributed by atoms with Crippen LogP contribution in [0.4, 0.5) is 19.3 Å². The second-order valence-corrected chi connectivity index (χ2v) is 11.8. The van der Waals surface area contributed by atoms with E-state index in [-0.39, 0.29) is 16.5 Å². The molecule has 0 radical (unpaired) electrons. The molecule has 230 valence electrons. The average Bonchev–Trinajstić information content (AvgIpc) is 3.33. The zero-order valence-corrected chi connectivity index (χ0v) is 26.0. The van der Waals surface area contributed by atoms with E-state index in [4.69, 9.17) is 32.7 Å². The number of aromatic amines is 1. The van der Waals surface area contributed by atoms with Crippen molar-refractivity contribution in [1.29, 1.82) is 0 Å². The summed E-state index contributed by atoms with van der Waals surface area (Å²) in [6, 6.07) is 9.76. The summed E-state index contributed by atoms with van der Waals surface area (Å²) in [7, 11) is 3.71. The monoisotopic (exact) mass is 654 g/mol. The fourth-order valence-corrected chi connectivity index (χ4v) is 6.10. The van der Waals surface area contributed by atoms with Crippen LogP contribution in [0, 0.1) is 0 Å². The molecule has 9 nitrogen and oxygen atoms in total. The first-order chi connectivity index (χ1) is 20.4. The number of urea groups is 1. The molecule has 43 heavy (non-hydrogen) atoms. The fraction of sp³-hybridized carbons (Fsp3) is 0.345. The van der Waals surface area contributed by atoms with Crippen LogP contribution in [0.1, 0.15) is 34.1 Å². The average molecular weight is 656 g/mol. The minimum atomic E-state index is -3.25. The summed E-state index contributed by atoms with van der Waals surface area (Å²) in [4.78, 5) is 41.6. The van der Waals surface area contributed by atoms with E-state index in [1.807, 2.05) is 17.1 Å². The number of ether oxygens (including phenoxy) is 2. The Kier molecular flexibility index (Phi) is 10.7. The molecule has 3 heterocycles. The maximum absolute atomic E-state index is 13.4. The summed E-state index contributed by atoms with van der Waals surface area (Å²) >= 11 is 12.9. The number of nitrogens with one attached hydrogen (secondary N) is 2. The van der Waals surface area contributed by atoms with Crippen LogP contribution < -0.4 is 15.6 Å². The minimum absolute atomic E-state index is 0.0604. The Morgan fingerprint density at radius 2 is 1.77 bits per heavy atom. The van der Waals surface area contributed by atoms with Gasteiger partial charge in [0.1, 0.15) is 5.75 Å². The van der Waals surface area contributed by atoms with Gasteiger partial charge in [0, 0.05) is 42.9 Å². The molecule has 0 spiro atoms. The number of rotatable bonds is 6. The maximum atomic E-state index is 13.4. The molecule has 0 unspecified atom stereocenters. The van der Waals surface area contributed by atoms with E-state index in [2.05, 4.69) is 17.3 Å². The zero-order valence-electron chi connectivity index (χ0n) is 23.6. The summed E-state index contributed by atoms with van der Waals surface area (Å²) < 4.78 is 37.5. The first-order valence-corrected chi connectivity index (χ1v) is 14.7. The number of amides is 2. The second-order valence-electron chi connectivity index (χ2n) is 9.97. The topological polar surface area (TPSA) is 104 Å². The van der Waals surface area contributed by atoms with Crippen molar-refractivity contribution in [2.75, 3.05) is 45.8 Å². The van der Waals surface area contributed by atoms with E-state index >= 15 is 0 Å². The molecular weight excluding hydrogens is 625 g/mol. The van der Waals surface area contributed by atoms with Gasteiger partial charge in [0.2, 0.25) is 0 Å². The number of anilines is 1. The molecule has 3 aromatic rings. The number of carbonyl (C=O) groups is 2. The number of fused-ring (bicyclic) bond motifs is 1. The molecule has 2 aliphatic heterocycles. The largest absolute Gasteiger partial charge is 0.495 e. The highest BCUT2D eigenvalue weighted by molar-refractivity contribution is 7.99. The lowest BCUT2D eigenvalue weighted by Crippen LogP contribution is -2.43. The van der Waals surface area contributed by atoms with Crippen molar-refractivity contribution in [3.05, 3.63) is 79.2 Å². The molecule has 1 aromatic heterocycles. The van der Waals surface area contributed by atoms with Crippen LogP contribution in [0.25, 0.3) is 0 Å². The molecule has 0 aliphatic carbocycles. The quantitative estimate of drug-likeness (QED) is 0.302. The van der Waals surface area contributed by atoms with Crippen molar-refractivity contribution in [1.82, 2.24) is 14.8 Å². The Morgan fingerprint density at radius 3 is 2.35 bits per heavy atom. The van der Waals surface area contributed by atoms with E-state index in [1.165, 1.54) is 11.1 Å². The number of aldehydes is 1. The standard InChI is InChI=1S/C15H21N3O3.C14H9Cl2F2NO2S/c1-17-9-11-7-13(14(20-2)8-12(11)10-17)16-15(19)18-3-5-21-6-4-18;1-14(17,18)11-5-10(7(6-20)13(21)19-11)22-12-8(15)3-2-4-9(12)16/h7-8H,3-6,9-10H2,1-2H3,(H,16,19);2-6H,1H3,(H,19,21). The first kappa shape index (κ1) is 32.7. The van der Waals surface area contributed by atoms with Crippen molar-refractivity contribution < 1.29 is 27.8 Å². The SMILES string of the molecule is CC(F)(F)c1cc(Sc2c(Cl)cccc2Cl)c(C=O)c(=O)[nH]1.COc1cc2c(cc1NC(=O)N1CCOCC1)CN(C)C2. The van der Waals surface area contributed by atoms with Crippen LogP contribution in [-0.4, -0.2) is 67.6 Å². The minimum Gasteiger partial charge on any atom is -0.495 e. The van der Waals surface area contributed by atoms with Crippen LogP contribution >= 0.6 is 35.0 Å². The van der Waals surface area contributed by atoms with Gasteiger partial charge in [-0.2, -0.15) is 0 Å². The third-order valence-electron chi connectivity index (χ3n) is 6.70. The Balaban J connectivity index is 0.000000197. The number of hydrogen-bond acceptors (Lipinski definition) is 7. The number of methoxy groups -OCH3 is 1. The summed E-state index contributed by atoms with van der Waals surface area (Å²) in [6.45, 7) is 4.92. The summed E-state index contributed by atoms with van der Waals surface area (Å²) in [5, 5.41) is 3.55. The number of H-pyrrole nitrogens is 1. The van der Waals surface area contributed by atoms with Crippen molar-refractivity contribution >= 4 is 53.0 Å². The number of morpholine rings is 1. The van der Waals surface area contributed by atoms with Crippen LogP contribution in [-0.2, 0) is 23.7 Å². The third kappa shape index (κ3) is 8.07. The van der Waals surface area contributed by atoms with E-state index in [1.54, 1.807) is 30.2 Å². The summed E-state index contributed by atoms with van der Waals surface area (Å²) in [5.41, 5.74) is 1.51. The normalized spacial score (nSPS) is 14.9. The molecule has 14 heteroatoms. The number of pyridine rings is 1. The van der Waals surface area contributed by atoms with Crippen molar-refractivity contribution in [2.24, 2.45) is 0 Å². The van der Waals surface area contributed by atoms with Crippen LogP contribution in [0.3, 0.4) is 0 Å². The Hall–Kier alpha value is -3.16. The number of alkyl halides is 2. The lowest BCUT2D eigenvalue weighted by molar-refractivity contribution is 0.0122. The van der Waals surface area contributed by atoms with E-state index in [0.717, 1.165) is 36.6 Å². The predicted molar refractivity (Wildman–Crippen MR) is 162 cm³/mol. The first-order valence-electron chi connectivity index (χ1n) is 13.2. The highest BCUT2D eigenvalue weighted by Crippen LogP contribution is 2.40. The smallest absolute Gasteiger partial charge is 0.322 e. The third-order valence-corrected chi connectivity index (χ3v) is 8.75. The second kappa shape index (κ2) is 14.1. The lowest BCUT2D eigenvalue weighted by Gasteiger charge is -2.27. The number of aromatic nitrogens is 1. The lowest BCUT2D eigenvalue weighted by atomic mass is 10.1. The highest BCUT2D eigenvalue weighted by atomic mass is 35.5. The van der Waals surface area contributed by atoms with Gasteiger partial charge in [-0.15, -0.1) is 0 Å². The van der Waals surface area contributed by atoms with Crippen molar-refractivity contribution in [2.45, 2.75) is 35.7 Å². The van der Waals surface area contributed by atoms with Gasteiger partial charge in [0.25, 0.3) is 11.5 Å². The summed E-state index contributed by atoms with van der Waals surface area (Å²) in [6.07, 6.45) is 0.309. The molecule has 5 rings (SSSR count). The Bertz CT molecular complexity index is 1540. The van der Waals surface area contributed by atoms with Gasteiger partial charge < -0.3 is 24.7 Å². The number of carbonyl (C=O) groups excluding carboxylic acids is 2. The molecule has 2 aliphatic rings. The van der Waals surface area contributed by atoms with Gasteiger partial charge in [0.05, 0.1) is 47.3 Å². The molecule has 0 atom stereocenters. The van der Waals surface area contributed by atoms with Gasteiger partial charge in [-0.3, -0.25) is 14.5 Å². The van der Waals surface area contributed by atoms with E-state index in [9.17, 15) is 23.2 Å². The number of nitrogens with zero attached hydrogens (tertiary/aromatic N) is 2. The molecule has 1 saturated heterocycles. The Labute approximate surface area is 261 Å². The van der Waals surface area contributed by atoms with Crippen LogP contribution in [0.5, 0.6) is 5.75 Å². The molecule has 0 saturated carbocycles. The van der Waals surface area contributed by atoms with E-state index < -0.39 is 17.2 Å². The van der Waals surface area contributed by atoms with Crippen molar-refractivity contribution in [3.63, 3.8) is 0 Å². The Morgan fingerprint density at radius 1 is 1.14 bits per heavy atom. The fourth-order valence-electron chi connectivity index (χ4n) is 4.49. The molecule has 1 fully saturated rings. The molecule has 2 amide bonds. The van der Waals surface area contributed by atoms with Crippen molar-refractivity contribution in [3.8, 4) is 5.75 Å². The maximum Gasteiger partial charge on any atom is 0.322 e. The van der Waals surface area contributed by atoms with Gasteiger partial charge in [-0.25, -0.2) is 13.6 Å². The van der Waals surface area contributed by atoms with Gasteiger partial charge in [-0.1, -0.05) is 41.0 Å². The van der Waals surface area contributed by atoms with Crippen LogP contribution in [0.2, 0.25) is 10.0 Å². The van der Waals surface area contributed by atoms with E-state index in [0.29, 0.717) is 60.2 Å². The highest BCUT2D eigenvalue weighted by Gasteiger charge is 2.28. The van der Waals surface area contributed by atoms with Crippen LogP contribution in [0.15, 0.2) is 51.0 Å². The number of hydrogen-bond donors (Lipinski definition) is 2. The number of halogens is 4. The van der Waals surface area contributed by atoms with Gasteiger partial charge in [-0.05, 0) is 48.5 Å². The molecule has 2 N–H and O–H groups in total. The van der Waals surface area contributed by atoms with Gasteiger partial charge in [0.15, 0.2) is 6.29 Å². The van der Waals surface area contributed by atoms with Gasteiger partial charge >= 0.3 is 6.03 Å². The molecule has 0 bridgehead atoms. The zero-order chi connectivity index (χ0) is 31.3.